The summed E-state index contributed by atoms with van der Waals surface area (Å²) in [6.45, 7) is -16.3. The molecule has 48 heteroatoms. The highest BCUT2D eigenvalue weighted by molar-refractivity contribution is 8.44. The highest BCUT2D eigenvalue weighted by Crippen LogP contribution is 2.62. The average molecular weight is 1430 g/mol. The fraction of sp³-hybridized carbons (Fsp3) is 0.581. The van der Waals surface area contributed by atoms with Crippen molar-refractivity contribution >= 4 is 144 Å². The van der Waals surface area contributed by atoms with Crippen molar-refractivity contribution < 1.29 is 92.4 Å². The Morgan fingerprint density at radius 1 is 0.681 bits per heavy atom. The van der Waals surface area contributed by atoms with Crippen LogP contribution in [0.2, 0.25) is 0 Å². The summed E-state index contributed by atoms with van der Waals surface area (Å²) >= 11 is 19.8. The summed E-state index contributed by atoms with van der Waals surface area (Å²) in [5.74, 6) is -1.88. The van der Waals surface area contributed by atoms with Gasteiger partial charge >= 0.3 is 27.0 Å². The number of halogens is 3. The summed E-state index contributed by atoms with van der Waals surface area (Å²) in [5, 5.41) is 15.3. The largest absolute Gasteiger partial charge is 0.386 e. The van der Waals surface area contributed by atoms with Crippen molar-refractivity contribution in [2.45, 2.75) is 119 Å². The third kappa shape index (κ3) is 12.2. The highest BCUT2D eigenvalue weighted by atomic mass is 32.7. The van der Waals surface area contributed by atoms with Crippen LogP contribution < -0.4 is 22.6 Å². The van der Waals surface area contributed by atoms with Crippen LogP contribution in [-0.4, -0.2) is 195 Å². The minimum absolute atomic E-state index is 0.00965. The molecule has 0 aromatic carbocycles. The number of fused-ring (bicyclic) bond motifs is 10. The summed E-state index contributed by atoms with van der Waals surface area (Å²) in [6, 6.07) is -0.609. The van der Waals surface area contributed by atoms with E-state index in [0.29, 0.717) is 6.42 Å². The van der Waals surface area contributed by atoms with Gasteiger partial charge in [-0.3, -0.25) is 56.3 Å². The number of ketones is 2. The average Bonchev–Trinajstić information content (AvgIpc) is 1.63. The second-order valence-electron chi connectivity index (χ2n) is 21.8. The zero-order chi connectivity index (χ0) is 64.6. The summed E-state index contributed by atoms with van der Waals surface area (Å²) in [6.07, 6.45) is -13.4. The number of nitrogens with zero attached hydrogens (tertiary/aromatic N) is 14. The molecule has 14 rings (SSSR count). The van der Waals surface area contributed by atoms with Gasteiger partial charge in [0, 0.05) is 25.3 Å². The summed E-state index contributed by atoms with van der Waals surface area (Å²) in [4.78, 5) is 111. The van der Waals surface area contributed by atoms with Crippen molar-refractivity contribution in [1.29, 1.82) is 0 Å². The van der Waals surface area contributed by atoms with Gasteiger partial charge in [0.1, 0.15) is 36.6 Å². The Hall–Kier alpha value is -4.98. The van der Waals surface area contributed by atoms with Gasteiger partial charge in [-0.15, -0.1) is 10.2 Å². The number of rotatable bonds is 4. The first-order chi connectivity index (χ1) is 43.0. The number of carbonyl (C=O) groups is 2. The fourth-order valence-corrected chi connectivity index (χ4v) is 17.5. The van der Waals surface area contributed by atoms with Crippen LogP contribution in [0.5, 0.6) is 0 Å². The molecule has 4 bridgehead atoms. The van der Waals surface area contributed by atoms with Gasteiger partial charge in [-0.05, 0) is 60.6 Å². The molecular weight excluding hydrogens is 1380 g/mol. The number of hydrogen-bond acceptors (Lipinski definition) is 31. The lowest BCUT2D eigenvalue weighted by atomic mass is 9.98. The Labute approximate surface area is 526 Å². The third-order valence-electron chi connectivity index (χ3n) is 15.9. The first kappa shape index (κ1) is 64.7. The standard InChI is InChI=1S/C23H28FN9O9P2S2.C20H21F2N9O10P2S2/c1-9-10-5-11(32-8-27-15-19(32)28-22(25)29-20(15)35)16(9)41-43(36,45)39-7-13-17(42-44(37,46)38-6-10)23(2,24)21(40-13)33-18-14(30-31-33)12(34)3-4-26-18;21-9-7-3-36-42(34,44)40-13-8(39-18(10(13)22)30-5-25-11-6(32)1-2-24-15(11)30)4-37-43(35,45)41-14(9)19(38-7)31-16-12(28-29-31)17(33)27-20(23)26-16/h4,8-11,13,16-17,21H,3,5-7H2,1-2H3,(H,36,45)(H,37,46)(H3,25,28,29,35);2,5,7-10,13-14,18-19H,1,3-4H2,(H,34,44)(H,35,45)(H3,23,26,27,33)/t9-,10-,11-,13-,16-,17-,21-,23?,43?,44?;7-,8-,9-,10+,13-,14-,18-,19-,42?,43?/m11/s1. The number of nitrogens with two attached hydrogens (primary N) is 2. The maximum Gasteiger partial charge on any atom is 0.386 e. The number of thiol groups is 1. The van der Waals surface area contributed by atoms with Gasteiger partial charge in [0.15, 0.2) is 93.6 Å². The number of hydrogen-bond donors (Lipinski definition) is 8. The Bertz CT molecular complexity index is 4330. The quantitative estimate of drug-likeness (QED) is 0.0926. The van der Waals surface area contributed by atoms with Crippen LogP contribution >= 0.6 is 39.2 Å². The molecule has 0 radical (unpaired) electrons. The van der Waals surface area contributed by atoms with Gasteiger partial charge in [-0.2, -0.15) is 19.3 Å². The van der Waals surface area contributed by atoms with Crippen LogP contribution in [0.4, 0.5) is 36.7 Å². The second kappa shape index (κ2) is 24.0. The van der Waals surface area contributed by atoms with E-state index in [9.17, 15) is 38.4 Å². The number of imidazole rings is 2. The summed E-state index contributed by atoms with van der Waals surface area (Å²) < 4.78 is 129. The minimum Gasteiger partial charge on any atom is -0.369 e. The van der Waals surface area contributed by atoms with E-state index in [1.54, 1.807) is 4.57 Å². The normalized spacial score (nSPS) is 39.3. The van der Waals surface area contributed by atoms with Crippen molar-refractivity contribution in [3.63, 3.8) is 0 Å². The first-order valence-electron chi connectivity index (χ1n) is 27.0. The number of aliphatic imine (C=N–C) groups is 2. The molecule has 13 heterocycles. The topological polar surface area (TPSA) is 479 Å². The van der Waals surface area contributed by atoms with Crippen LogP contribution in [0.15, 0.2) is 32.2 Å². The molecule has 5 unspecified atom stereocenters. The van der Waals surface area contributed by atoms with E-state index in [1.165, 1.54) is 23.3 Å². The molecule has 8 aliphatic rings. The van der Waals surface area contributed by atoms with Crippen LogP contribution in [-0.2, 0) is 90.4 Å². The third-order valence-corrected chi connectivity index (χ3v) is 22.2. The Balaban J connectivity index is 0.000000167. The number of anilines is 2. The molecule has 0 amide bonds. The van der Waals surface area contributed by atoms with Gasteiger partial charge in [0.05, 0.1) is 51.2 Å². The highest BCUT2D eigenvalue weighted by Gasteiger charge is 2.61. The van der Waals surface area contributed by atoms with Crippen molar-refractivity contribution in [2.75, 3.05) is 37.9 Å². The number of alkyl halides is 3. The monoisotopic (exact) mass is 1430 g/mol. The number of H-pyrrole nitrogens is 2. The number of Topliss-reactive ketones (excluding diaryl/α,β-unsaturated/α-hetero) is 2. The molecule has 9 N–H and O–H groups in total. The summed E-state index contributed by atoms with van der Waals surface area (Å²) in [5.41, 5.74) is 7.38. The second-order valence-corrected chi connectivity index (χ2v) is 33.0. The number of ether oxygens (including phenoxy) is 3. The number of nitrogen functional groups attached to an aromatic ring is 2. The molecule has 0 spiro atoms. The van der Waals surface area contributed by atoms with Gasteiger partial charge in [0.25, 0.3) is 11.1 Å². The van der Waals surface area contributed by atoms with Gasteiger partial charge < -0.3 is 58.5 Å². The molecule has 91 heavy (non-hydrogen) atoms. The number of nitrogens with one attached hydrogen (secondary N) is 2. The van der Waals surface area contributed by atoms with Crippen molar-refractivity contribution in [1.82, 2.24) is 69.0 Å². The molecule has 7 aliphatic heterocycles. The Morgan fingerprint density at radius 2 is 1.27 bits per heavy atom. The number of aromatic nitrogens is 14. The molecule has 1 aliphatic carbocycles. The zero-order valence-electron chi connectivity index (χ0n) is 46.3. The molecule has 1 saturated carbocycles. The van der Waals surface area contributed by atoms with Crippen LogP contribution in [0, 0.1) is 11.8 Å². The molecule has 5 saturated heterocycles. The SMILES string of the molecule is C[C@@H]1[C@H]2COP(O)(=S)O[C@@H]3[C@@H](COP(=O)(S)O[C@H]1[C@H](n1cnc4c(=O)[nH]c(N)nc41)C2)O[C@@H](n1nnc2c1N=CCC2=O)C3(C)F.Nc1nc2c(nnn2[C@@H]2O[C@@H]3COP(O)(=S)O[C@H]4[C@H](F)[C@H](n5cnc6c5N=CCC6=O)O[C@@H]4COP(O)(=S)O[C@@H]2[C@@H]3F)c(=O)[nH]1. The van der Waals surface area contributed by atoms with E-state index in [-0.39, 0.29) is 94.2 Å². The Morgan fingerprint density at radius 3 is 2.00 bits per heavy atom. The zero-order valence-corrected chi connectivity index (χ0v) is 53.2. The molecule has 20 atom stereocenters. The van der Waals surface area contributed by atoms with E-state index in [2.05, 4.69) is 72.8 Å². The summed E-state index contributed by atoms with van der Waals surface area (Å²) in [7, 11) is 0. The molecule has 37 nitrogen and oxygen atoms in total. The lowest BCUT2D eigenvalue weighted by molar-refractivity contribution is -0.0641. The smallest absolute Gasteiger partial charge is 0.369 e. The molecule has 6 aromatic rings. The predicted octanol–water partition coefficient (Wildman–Crippen LogP) is 2.18. The van der Waals surface area contributed by atoms with E-state index in [1.807, 2.05) is 6.92 Å². The van der Waals surface area contributed by atoms with Crippen molar-refractivity contribution in [2.24, 2.45) is 21.8 Å². The first-order valence-corrected chi connectivity index (χ1v) is 37.5. The maximum atomic E-state index is 16.7. The van der Waals surface area contributed by atoms with Crippen LogP contribution in [0.1, 0.15) is 78.8 Å². The van der Waals surface area contributed by atoms with Gasteiger partial charge in [-0.25, -0.2) is 37.7 Å². The van der Waals surface area contributed by atoms with Crippen LogP contribution in [0.3, 0.4) is 0 Å². The molecule has 6 aromatic heterocycles. The van der Waals surface area contributed by atoms with Crippen LogP contribution in [0.25, 0.3) is 22.3 Å². The number of carbonyl (C=O) groups excluding carboxylic acids is 2. The lowest BCUT2D eigenvalue weighted by Crippen LogP contribution is -2.42. The number of aromatic amines is 2. The van der Waals surface area contributed by atoms with E-state index >= 15 is 13.2 Å². The van der Waals surface area contributed by atoms with E-state index in [4.69, 9.17) is 97.3 Å². The molecule has 6 fully saturated rings. The van der Waals surface area contributed by atoms with E-state index in [0.717, 1.165) is 22.6 Å². The minimum atomic E-state index is -4.39. The van der Waals surface area contributed by atoms with Gasteiger partial charge in [0.2, 0.25) is 11.9 Å². The van der Waals surface area contributed by atoms with Crippen molar-refractivity contribution in [3.8, 4) is 0 Å². The van der Waals surface area contributed by atoms with Crippen molar-refractivity contribution in [3.05, 3.63) is 44.8 Å². The lowest BCUT2D eigenvalue weighted by Gasteiger charge is -2.30. The predicted molar refractivity (Wildman–Crippen MR) is 316 cm³/mol. The van der Waals surface area contributed by atoms with E-state index < -0.39 is 149 Å². The Kier molecular flexibility index (Phi) is 17.1. The maximum absolute atomic E-state index is 16.7. The van der Waals surface area contributed by atoms with Gasteiger partial charge in [-0.1, -0.05) is 29.6 Å². The molecule has 490 valence electrons. The molecular formula is C43H49F3N18O19P4S4. The fourth-order valence-electron chi connectivity index (χ4n) is 11.6.